The van der Waals surface area contributed by atoms with E-state index >= 15 is 0 Å². The summed E-state index contributed by atoms with van der Waals surface area (Å²) >= 11 is 0. The summed E-state index contributed by atoms with van der Waals surface area (Å²) in [6, 6.07) is 25.8. The van der Waals surface area contributed by atoms with Crippen LogP contribution in [0.2, 0.25) is 0 Å². The van der Waals surface area contributed by atoms with Crippen molar-refractivity contribution in [2.45, 2.75) is 68.1 Å². The fraction of sp³-hybridized carbons (Fsp3) is 0.379. The molecule has 0 bridgehead atoms. The van der Waals surface area contributed by atoms with Gasteiger partial charge in [0.25, 0.3) is 0 Å². The lowest BCUT2D eigenvalue weighted by Crippen LogP contribution is -2.55. The Hall–Kier alpha value is -2.59. The molecule has 3 aromatic carbocycles. The molecule has 2 aliphatic rings. The molecule has 7 nitrogen and oxygen atoms in total. The van der Waals surface area contributed by atoms with Crippen LogP contribution in [0.15, 0.2) is 89.8 Å². The summed E-state index contributed by atoms with van der Waals surface area (Å²) in [4.78, 5) is -1.77. The first-order chi connectivity index (χ1) is 17.7. The second-order valence-corrected chi connectivity index (χ2v) is 12.1. The zero-order valence-electron chi connectivity index (χ0n) is 21.2. The van der Waals surface area contributed by atoms with Crippen LogP contribution in [0.3, 0.4) is 0 Å². The normalized spacial score (nSPS) is 26.7. The number of aryl methyl sites for hydroxylation is 1. The van der Waals surface area contributed by atoms with Crippen LogP contribution in [0.1, 0.15) is 30.5 Å². The third kappa shape index (κ3) is 5.23. The van der Waals surface area contributed by atoms with E-state index < -0.39 is 39.1 Å². The molecule has 2 heterocycles. The molecule has 0 saturated carbocycles. The minimum Gasteiger partial charge on any atom is -0.373 e. The van der Waals surface area contributed by atoms with Gasteiger partial charge in [-0.2, -0.15) is 0 Å². The van der Waals surface area contributed by atoms with Gasteiger partial charge in [0, 0.05) is 0 Å². The van der Waals surface area contributed by atoms with E-state index in [1.807, 2.05) is 67.6 Å². The summed E-state index contributed by atoms with van der Waals surface area (Å²) in [5.74, 6) is -0.950. The monoisotopic (exact) mass is 524 g/mol. The van der Waals surface area contributed by atoms with E-state index in [0.29, 0.717) is 0 Å². The van der Waals surface area contributed by atoms with Crippen molar-refractivity contribution in [3.63, 3.8) is 0 Å². The summed E-state index contributed by atoms with van der Waals surface area (Å²) in [6.07, 6.45) is -2.71. The third-order valence-corrected chi connectivity index (χ3v) is 8.86. The predicted molar refractivity (Wildman–Crippen MR) is 137 cm³/mol. The number of hydrogen-bond acceptors (Lipinski definition) is 7. The molecule has 2 fully saturated rings. The maximum Gasteiger partial charge on any atom is 0.227 e. The van der Waals surface area contributed by atoms with E-state index in [2.05, 4.69) is 0 Å². The predicted octanol–water partition coefficient (Wildman–Crippen LogP) is 4.78. The molecule has 2 aliphatic heterocycles. The van der Waals surface area contributed by atoms with Crippen LogP contribution >= 0.6 is 0 Å². The number of sulfone groups is 1. The Balaban J connectivity index is 1.53. The van der Waals surface area contributed by atoms with E-state index in [4.69, 9.17) is 23.7 Å². The van der Waals surface area contributed by atoms with Gasteiger partial charge >= 0.3 is 0 Å². The van der Waals surface area contributed by atoms with Crippen molar-refractivity contribution in [2.75, 3.05) is 6.61 Å². The molecular formula is C29H32O7S. The van der Waals surface area contributed by atoms with Gasteiger partial charge in [-0.25, -0.2) is 8.42 Å². The lowest BCUT2D eigenvalue weighted by Gasteiger charge is -2.36. The topological polar surface area (TPSA) is 80.3 Å². The number of ether oxygens (including phenoxy) is 5. The summed E-state index contributed by atoms with van der Waals surface area (Å²) in [5.41, 5.74) is 2.76. The standard InChI is InChI=1S/C29H32O7S/c1-21-14-16-24(17-15-21)37(30,31)29(20-32-18-22-10-6-4-7-11-22)26(33-19-23-12-8-5-9-13-23)25-27(36-29)35-28(2,3)34-25/h4-17,25-27H,18-20H2,1-3H3/t25-,26+,27?,29+/m1/s1. The molecule has 0 spiro atoms. The molecular weight excluding hydrogens is 492 g/mol. The average molecular weight is 525 g/mol. The zero-order valence-corrected chi connectivity index (χ0v) is 22.0. The molecule has 4 atom stereocenters. The lowest BCUT2D eigenvalue weighted by molar-refractivity contribution is -0.234. The Bertz CT molecular complexity index is 1290. The molecule has 0 radical (unpaired) electrons. The van der Waals surface area contributed by atoms with Gasteiger partial charge in [0.15, 0.2) is 12.1 Å². The van der Waals surface area contributed by atoms with Crippen molar-refractivity contribution in [3.05, 3.63) is 102 Å². The molecule has 37 heavy (non-hydrogen) atoms. The van der Waals surface area contributed by atoms with Crippen molar-refractivity contribution >= 4 is 9.84 Å². The zero-order chi connectivity index (χ0) is 26.1. The first-order valence-corrected chi connectivity index (χ1v) is 13.8. The van der Waals surface area contributed by atoms with Gasteiger partial charge in [0.1, 0.15) is 12.2 Å². The Labute approximate surface area is 218 Å². The molecule has 1 unspecified atom stereocenters. The van der Waals surface area contributed by atoms with E-state index in [0.717, 1.165) is 16.7 Å². The highest BCUT2D eigenvalue weighted by Gasteiger charge is 2.68. The molecule has 2 saturated heterocycles. The average Bonchev–Trinajstić information content (AvgIpc) is 3.33. The van der Waals surface area contributed by atoms with Crippen molar-refractivity contribution in [1.29, 1.82) is 0 Å². The molecule has 196 valence electrons. The summed E-state index contributed by atoms with van der Waals surface area (Å²) in [5, 5.41) is 0. The van der Waals surface area contributed by atoms with Crippen LogP contribution in [0.4, 0.5) is 0 Å². The second kappa shape index (κ2) is 10.3. The van der Waals surface area contributed by atoms with E-state index in [-0.39, 0.29) is 24.7 Å². The van der Waals surface area contributed by atoms with Crippen LogP contribution in [0.25, 0.3) is 0 Å². The molecule has 3 aromatic rings. The highest BCUT2D eigenvalue weighted by atomic mass is 32.2. The summed E-state index contributed by atoms with van der Waals surface area (Å²) in [6.45, 7) is 5.56. The van der Waals surface area contributed by atoms with Crippen LogP contribution in [-0.2, 0) is 46.7 Å². The highest BCUT2D eigenvalue weighted by Crippen LogP contribution is 2.48. The second-order valence-electron chi connectivity index (χ2n) is 9.91. The third-order valence-electron chi connectivity index (χ3n) is 6.61. The van der Waals surface area contributed by atoms with Crippen LogP contribution < -0.4 is 0 Å². The van der Waals surface area contributed by atoms with Gasteiger partial charge in [-0.05, 0) is 44.0 Å². The number of hydrogen-bond donors (Lipinski definition) is 0. The fourth-order valence-electron chi connectivity index (χ4n) is 4.76. The molecule has 0 aliphatic carbocycles. The van der Waals surface area contributed by atoms with Crippen molar-refractivity contribution < 1.29 is 32.1 Å². The van der Waals surface area contributed by atoms with E-state index in [1.165, 1.54) is 0 Å². The van der Waals surface area contributed by atoms with Crippen LogP contribution in [0.5, 0.6) is 0 Å². The number of benzene rings is 3. The highest BCUT2D eigenvalue weighted by molar-refractivity contribution is 7.92. The quantitative estimate of drug-likeness (QED) is 0.399. The van der Waals surface area contributed by atoms with Gasteiger partial charge < -0.3 is 23.7 Å². The maximum absolute atomic E-state index is 14.3. The van der Waals surface area contributed by atoms with Gasteiger partial charge in [-0.3, -0.25) is 0 Å². The first-order valence-electron chi connectivity index (χ1n) is 12.3. The van der Waals surface area contributed by atoms with Gasteiger partial charge in [0.05, 0.1) is 24.7 Å². The van der Waals surface area contributed by atoms with Crippen molar-refractivity contribution in [3.8, 4) is 0 Å². The Morgan fingerprint density at radius 2 is 1.38 bits per heavy atom. The lowest BCUT2D eigenvalue weighted by atomic mass is 10.1. The van der Waals surface area contributed by atoms with Gasteiger partial charge in [0.2, 0.25) is 14.8 Å². The van der Waals surface area contributed by atoms with Gasteiger partial charge in [-0.1, -0.05) is 78.4 Å². The molecule has 0 aromatic heterocycles. The Kier molecular flexibility index (Phi) is 7.24. The minimum atomic E-state index is -4.14. The SMILES string of the molecule is Cc1ccc(S(=O)(=O)[C@]2(COCc3ccccc3)OC3OC(C)(C)O[C@@H]3[C@@H]2OCc2ccccc2)cc1. The number of rotatable bonds is 9. The minimum absolute atomic E-state index is 0.119. The Morgan fingerprint density at radius 3 is 2.00 bits per heavy atom. The largest absolute Gasteiger partial charge is 0.373 e. The Morgan fingerprint density at radius 1 is 0.784 bits per heavy atom. The van der Waals surface area contributed by atoms with Crippen molar-refractivity contribution in [2.24, 2.45) is 0 Å². The first kappa shape index (κ1) is 26.0. The van der Waals surface area contributed by atoms with Crippen LogP contribution in [-0.4, -0.2) is 44.2 Å². The smallest absolute Gasteiger partial charge is 0.227 e. The fourth-order valence-corrected chi connectivity index (χ4v) is 6.62. The van der Waals surface area contributed by atoms with Crippen LogP contribution in [0, 0.1) is 6.92 Å². The molecule has 0 N–H and O–H groups in total. The molecule has 5 rings (SSSR count). The van der Waals surface area contributed by atoms with Gasteiger partial charge in [-0.15, -0.1) is 0 Å². The number of fused-ring (bicyclic) bond motifs is 1. The van der Waals surface area contributed by atoms with E-state index in [9.17, 15) is 8.42 Å². The summed E-state index contributed by atoms with van der Waals surface area (Å²) in [7, 11) is -4.14. The maximum atomic E-state index is 14.3. The van der Waals surface area contributed by atoms with Crippen molar-refractivity contribution in [1.82, 2.24) is 0 Å². The summed E-state index contributed by atoms with van der Waals surface area (Å²) < 4.78 is 59.5. The molecule has 0 amide bonds. The van der Waals surface area contributed by atoms with E-state index in [1.54, 1.807) is 38.1 Å². The molecule has 8 heteroatoms.